The lowest BCUT2D eigenvalue weighted by atomic mass is 9.83. The molecule has 8 heteroatoms. The number of likely N-dealkylation sites (N-methyl/N-ethyl adjacent to an activating group) is 1. The van der Waals surface area contributed by atoms with Crippen LogP contribution in [0, 0.1) is 12.7 Å². The van der Waals surface area contributed by atoms with Crippen molar-refractivity contribution in [2.75, 3.05) is 27.2 Å². The zero-order valence-electron chi connectivity index (χ0n) is 17.6. The summed E-state index contributed by atoms with van der Waals surface area (Å²) in [7, 11) is 3.82. The predicted octanol–water partition coefficient (Wildman–Crippen LogP) is 2.12. The van der Waals surface area contributed by atoms with Crippen LogP contribution in [0.1, 0.15) is 29.7 Å². The highest BCUT2D eigenvalue weighted by Crippen LogP contribution is 2.42. The Morgan fingerprint density at radius 3 is 2.67 bits per heavy atom. The quantitative estimate of drug-likeness (QED) is 0.728. The average molecular weight is 415 g/mol. The summed E-state index contributed by atoms with van der Waals surface area (Å²) in [5, 5.41) is 0. The van der Waals surface area contributed by atoms with Gasteiger partial charge in [0.25, 0.3) is 5.56 Å². The van der Waals surface area contributed by atoms with E-state index in [2.05, 4.69) is 0 Å². The molecular weight excluding hydrogens is 389 g/mol. The highest BCUT2D eigenvalue weighted by atomic mass is 19.1. The molecule has 0 spiro atoms. The number of aromatic nitrogens is 1. The van der Waals surface area contributed by atoms with Gasteiger partial charge >= 0.3 is 5.97 Å². The van der Waals surface area contributed by atoms with Crippen molar-refractivity contribution in [1.82, 2.24) is 9.47 Å². The van der Waals surface area contributed by atoms with Crippen molar-refractivity contribution in [3.8, 4) is 5.75 Å². The summed E-state index contributed by atoms with van der Waals surface area (Å²) in [4.78, 5) is 28.2. The van der Waals surface area contributed by atoms with Crippen molar-refractivity contribution < 1.29 is 18.7 Å². The molecule has 7 nitrogen and oxygen atoms in total. The minimum atomic E-state index is -1.03. The van der Waals surface area contributed by atoms with Crippen LogP contribution in [-0.4, -0.2) is 42.7 Å². The Kier molecular flexibility index (Phi) is 6.26. The number of fused-ring (bicyclic) bond motifs is 1. The highest BCUT2D eigenvalue weighted by molar-refractivity contribution is 5.92. The third-order valence-corrected chi connectivity index (χ3v) is 5.05. The lowest BCUT2D eigenvalue weighted by Crippen LogP contribution is -2.36. The van der Waals surface area contributed by atoms with Gasteiger partial charge in [0.1, 0.15) is 17.1 Å². The lowest BCUT2D eigenvalue weighted by Gasteiger charge is -2.29. The van der Waals surface area contributed by atoms with Gasteiger partial charge in [0.2, 0.25) is 5.88 Å². The maximum atomic E-state index is 14.8. The number of pyridine rings is 1. The van der Waals surface area contributed by atoms with Crippen molar-refractivity contribution in [3.05, 3.63) is 74.8 Å². The van der Waals surface area contributed by atoms with Gasteiger partial charge in [-0.1, -0.05) is 18.2 Å². The number of aryl methyl sites for hydroxylation is 1. The molecule has 0 saturated carbocycles. The summed E-state index contributed by atoms with van der Waals surface area (Å²) in [6, 6.07) is 7.69. The maximum Gasteiger partial charge on any atom is 0.340 e. The van der Waals surface area contributed by atoms with Gasteiger partial charge in [-0.3, -0.25) is 4.79 Å². The normalized spacial score (nSPS) is 15.7. The Morgan fingerprint density at radius 2 is 2.03 bits per heavy atom. The molecule has 1 aromatic heterocycles. The maximum absolute atomic E-state index is 14.8. The Bertz CT molecular complexity index is 1060. The number of ether oxygens (including phenoxy) is 2. The Labute approximate surface area is 174 Å². The lowest BCUT2D eigenvalue weighted by molar-refractivity contribution is -0.139. The van der Waals surface area contributed by atoms with E-state index >= 15 is 0 Å². The number of carbonyl (C=O) groups is 1. The summed E-state index contributed by atoms with van der Waals surface area (Å²) >= 11 is 0. The van der Waals surface area contributed by atoms with Gasteiger partial charge in [-0.2, -0.15) is 0 Å². The molecule has 1 aliphatic rings. The van der Waals surface area contributed by atoms with Crippen LogP contribution in [0.5, 0.6) is 5.75 Å². The molecule has 3 rings (SSSR count). The van der Waals surface area contributed by atoms with Gasteiger partial charge in [-0.15, -0.1) is 0 Å². The highest BCUT2D eigenvalue weighted by Gasteiger charge is 2.39. The first-order valence-electron chi connectivity index (χ1n) is 9.74. The second-order valence-corrected chi connectivity index (χ2v) is 7.38. The first-order chi connectivity index (χ1) is 14.3. The van der Waals surface area contributed by atoms with Crippen molar-refractivity contribution in [3.63, 3.8) is 0 Å². The van der Waals surface area contributed by atoms with Gasteiger partial charge in [-0.25, -0.2) is 9.18 Å². The fourth-order valence-electron chi connectivity index (χ4n) is 3.59. The molecule has 2 N–H and O–H groups in total. The predicted molar refractivity (Wildman–Crippen MR) is 111 cm³/mol. The smallest absolute Gasteiger partial charge is 0.340 e. The molecule has 0 unspecified atom stereocenters. The molecule has 30 heavy (non-hydrogen) atoms. The zero-order valence-corrected chi connectivity index (χ0v) is 17.6. The third kappa shape index (κ3) is 3.95. The Balaban J connectivity index is 2.27. The standard InChI is InChI=1S/C22H26FN3O4/c1-5-29-22(28)19-17(14-8-6-7-9-15(14)23)18-16(30-20(19)24)12-13(2)26(21(18)27)11-10-25(3)4/h6-9,12,17H,5,10-11,24H2,1-4H3/t17-/m1/s1. The van der Waals surface area contributed by atoms with Crippen molar-refractivity contribution in [2.45, 2.75) is 26.3 Å². The second kappa shape index (κ2) is 8.71. The second-order valence-electron chi connectivity index (χ2n) is 7.38. The van der Waals surface area contributed by atoms with E-state index in [1.54, 1.807) is 36.6 Å². The van der Waals surface area contributed by atoms with Crippen LogP contribution in [-0.2, 0) is 16.1 Å². The van der Waals surface area contributed by atoms with Crippen LogP contribution in [0.15, 0.2) is 46.6 Å². The van der Waals surface area contributed by atoms with Crippen molar-refractivity contribution in [1.29, 1.82) is 0 Å². The molecule has 0 fully saturated rings. The van der Waals surface area contributed by atoms with Crippen LogP contribution in [0.25, 0.3) is 0 Å². The Hall–Kier alpha value is -3.13. The van der Waals surface area contributed by atoms with E-state index in [-0.39, 0.29) is 40.5 Å². The van der Waals surface area contributed by atoms with Crippen LogP contribution in [0.3, 0.4) is 0 Å². The van der Waals surface area contributed by atoms with E-state index in [0.717, 1.165) is 0 Å². The van der Waals surface area contributed by atoms with Crippen LogP contribution < -0.4 is 16.0 Å². The fourth-order valence-corrected chi connectivity index (χ4v) is 3.59. The SMILES string of the molecule is CCOC(=O)C1=C(N)Oc2cc(C)n(CCN(C)C)c(=O)c2[C@H]1c1ccccc1F. The van der Waals surface area contributed by atoms with E-state index in [0.29, 0.717) is 18.8 Å². The summed E-state index contributed by atoms with van der Waals surface area (Å²) < 4.78 is 27.2. The van der Waals surface area contributed by atoms with Crippen LogP contribution >= 0.6 is 0 Å². The summed E-state index contributed by atoms with van der Waals surface area (Å²) in [6.07, 6.45) is 0. The van der Waals surface area contributed by atoms with Crippen molar-refractivity contribution in [2.24, 2.45) is 5.73 Å². The number of halogens is 1. The van der Waals surface area contributed by atoms with Gasteiger partial charge in [-0.05, 0) is 34.0 Å². The van der Waals surface area contributed by atoms with Crippen molar-refractivity contribution >= 4 is 5.97 Å². The minimum absolute atomic E-state index is 0.0745. The van der Waals surface area contributed by atoms with Gasteiger partial charge in [0.15, 0.2) is 0 Å². The largest absolute Gasteiger partial charge is 0.462 e. The monoisotopic (exact) mass is 415 g/mol. The Morgan fingerprint density at radius 1 is 1.33 bits per heavy atom. The number of esters is 1. The molecule has 0 aliphatic carbocycles. The topological polar surface area (TPSA) is 86.8 Å². The van der Waals surface area contributed by atoms with E-state index in [9.17, 15) is 14.0 Å². The average Bonchev–Trinajstić information content (AvgIpc) is 2.67. The molecule has 1 aromatic carbocycles. The molecule has 0 saturated heterocycles. The number of benzene rings is 1. The summed E-state index contributed by atoms with van der Waals surface area (Å²) in [5.41, 5.74) is 6.64. The van der Waals surface area contributed by atoms with E-state index in [1.807, 2.05) is 19.0 Å². The van der Waals surface area contributed by atoms with Gasteiger partial charge in [0, 0.05) is 30.4 Å². The zero-order chi connectivity index (χ0) is 22.0. The molecule has 1 aliphatic heterocycles. The first-order valence-corrected chi connectivity index (χ1v) is 9.74. The molecule has 2 aromatic rings. The third-order valence-electron chi connectivity index (χ3n) is 5.05. The number of rotatable bonds is 6. The van der Waals surface area contributed by atoms with Crippen LogP contribution in [0.4, 0.5) is 4.39 Å². The number of nitrogens with zero attached hydrogens (tertiary/aromatic N) is 2. The number of hydrogen-bond donors (Lipinski definition) is 1. The van der Waals surface area contributed by atoms with Gasteiger partial charge < -0.3 is 24.7 Å². The summed E-state index contributed by atoms with van der Waals surface area (Å²) in [5.74, 6) is -2.30. The van der Waals surface area contributed by atoms with Gasteiger partial charge in [0.05, 0.1) is 18.1 Å². The van der Waals surface area contributed by atoms with E-state index < -0.39 is 17.7 Å². The van der Waals surface area contributed by atoms with Crippen LogP contribution in [0.2, 0.25) is 0 Å². The van der Waals surface area contributed by atoms with E-state index in [4.69, 9.17) is 15.2 Å². The first kappa shape index (κ1) is 21.6. The molecule has 0 amide bonds. The number of nitrogens with two attached hydrogens (primary N) is 1. The molecular formula is C22H26FN3O4. The molecule has 0 radical (unpaired) electrons. The molecule has 160 valence electrons. The molecule has 1 atom stereocenters. The number of hydrogen-bond acceptors (Lipinski definition) is 6. The number of carbonyl (C=O) groups excluding carboxylic acids is 1. The van der Waals surface area contributed by atoms with E-state index in [1.165, 1.54) is 12.1 Å². The minimum Gasteiger partial charge on any atom is -0.462 e. The molecule has 0 bridgehead atoms. The molecule has 2 heterocycles. The summed E-state index contributed by atoms with van der Waals surface area (Å²) in [6.45, 7) is 4.62. The fraction of sp³-hybridized carbons (Fsp3) is 0.364.